The zero-order valence-electron chi connectivity index (χ0n) is 17.9. The van der Waals surface area contributed by atoms with E-state index in [0.29, 0.717) is 16.9 Å². The summed E-state index contributed by atoms with van der Waals surface area (Å²) in [6.07, 6.45) is 3.73. The van der Waals surface area contributed by atoms with Gasteiger partial charge in [0.25, 0.3) is 0 Å². The standard InChI is InChI=1S/C26H27NO3/c1-26(2,3)18-14-17(13-16-9-11-19(30-4)12-10-16)24-21(15-18)23(25(28)29)20-7-5-6-8-22(20)27-24/h5-13,18H,14-15H2,1-4H3,(H,28,29). The van der Waals surface area contributed by atoms with Crippen molar-refractivity contribution in [1.82, 2.24) is 4.98 Å². The minimum atomic E-state index is -0.886. The maximum absolute atomic E-state index is 12.3. The van der Waals surface area contributed by atoms with Crippen LogP contribution in [0.3, 0.4) is 0 Å². The molecule has 4 heteroatoms. The SMILES string of the molecule is COc1ccc(C=C2CC(C(C)(C)C)Cc3c2nc2ccccc2c3C(=O)O)cc1. The Kier molecular flexibility index (Phi) is 5.10. The highest BCUT2D eigenvalue weighted by molar-refractivity contribution is 6.06. The van der Waals surface area contributed by atoms with Crippen LogP contribution in [0.1, 0.15) is 54.4 Å². The number of allylic oxidation sites excluding steroid dienone is 1. The first kappa shape index (κ1) is 20.1. The van der Waals surface area contributed by atoms with Crippen LogP contribution in [0, 0.1) is 11.3 Å². The van der Waals surface area contributed by atoms with Gasteiger partial charge in [0.05, 0.1) is 23.9 Å². The number of benzene rings is 2. The molecule has 1 N–H and O–H groups in total. The lowest BCUT2D eigenvalue weighted by Gasteiger charge is -2.36. The van der Waals surface area contributed by atoms with Gasteiger partial charge in [0, 0.05) is 5.39 Å². The van der Waals surface area contributed by atoms with Crippen molar-refractivity contribution in [3.05, 3.63) is 70.9 Å². The minimum absolute atomic E-state index is 0.0537. The zero-order chi connectivity index (χ0) is 21.5. The van der Waals surface area contributed by atoms with Gasteiger partial charge < -0.3 is 9.84 Å². The number of carbonyl (C=O) groups is 1. The van der Waals surface area contributed by atoms with Crippen molar-refractivity contribution in [3.8, 4) is 5.75 Å². The Labute approximate surface area is 177 Å². The molecule has 0 saturated heterocycles. The van der Waals surface area contributed by atoms with Crippen LogP contribution in [0.15, 0.2) is 48.5 Å². The van der Waals surface area contributed by atoms with Crippen molar-refractivity contribution < 1.29 is 14.6 Å². The van der Waals surface area contributed by atoms with Crippen LogP contribution in [-0.4, -0.2) is 23.2 Å². The summed E-state index contributed by atoms with van der Waals surface area (Å²) >= 11 is 0. The molecule has 1 heterocycles. The number of aromatic carboxylic acids is 1. The monoisotopic (exact) mass is 401 g/mol. The molecular weight excluding hydrogens is 374 g/mol. The lowest BCUT2D eigenvalue weighted by atomic mass is 9.69. The summed E-state index contributed by atoms with van der Waals surface area (Å²) in [5.41, 5.74) is 4.99. The van der Waals surface area contributed by atoms with Gasteiger partial charge in [0.2, 0.25) is 0 Å². The molecule has 2 aromatic carbocycles. The molecule has 0 aliphatic heterocycles. The number of para-hydroxylation sites is 1. The zero-order valence-corrected chi connectivity index (χ0v) is 17.9. The van der Waals surface area contributed by atoms with Gasteiger partial charge in [-0.05, 0) is 65.1 Å². The van der Waals surface area contributed by atoms with Crippen LogP contribution in [0.5, 0.6) is 5.75 Å². The molecule has 154 valence electrons. The molecule has 4 rings (SSSR count). The number of aromatic nitrogens is 1. The van der Waals surface area contributed by atoms with Gasteiger partial charge in [-0.15, -0.1) is 0 Å². The molecule has 0 fully saturated rings. The van der Waals surface area contributed by atoms with E-state index in [1.54, 1.807) is 7.11 Å². The fraction of sp³-hybridized carbons (Fsp3) is 0.308. The summed E-state index contributed by atoms with van der Waals surface area (Å²) in [5, 5.41) is 10.8. The van der Waals surface area contributed by atoms with Crippen LogP contribution in [0.25, 0.3) is 22.6 Å². The van der Waals surface area contributed by atoms with Gasteiger partial charge in [0.1, 0.15) is 5.75 Å². The van der Waals surface area contributed by atoms with Crippen LogP contribution >= 0.6 is 0 Å². The van der Waals surface area contributed by atoms with Crippen molar-refractivity contribution in [2.24, 2.45) is 11.3 Å². The molecule has 1 atom stereocenters. The molecule has 0 saturated carbocycles. The first-order chi connectivity index (χ1) is 14.3. The number of carboxylic acid groups (broad SMARTS) is 1. The topological polar surface area (TPSA) is 59.4 Å². The molecule has 30 heavy (non-hydrogen) atoms. The maximum atomic E-state index is 12.3. The second-order valence-electron chi connectivity index (χ2n) is 9.05. The van der Waals surface area contributed by atoms with Crippen molar-refractivity contribution in [1.29, 1.82) is 0 Å². The van der Waals surface area contributed by atoms with E-state index in [2.05, 4.69) is 26.8 Å². The summed E-state index contributed by atoms with van der Waals surface area (Å²) in [4.78, 5) is 17.2. The molecular formula is C26H27NO3. The van der Waals surface area contributed by atoms with Gasteiger partial charge in [-0.1, -0.05) is 51.1 Å². The number of methoxy groups -OCH3 is 1. The van der Waals surface area contributed by atoms with E-state index in [9.17, 15) is 9.90 Å². The van der Waals surface area contributed by atoms with Gasteiger partial charge in [0.15, 0.2) is 0 Å². The fourth-order valence-corrected chi connectivity index (χ4v) is 4.28. The number of nitrogens with zero attached hydrogens (tertiary/aromatic N) is 1. The average Bonchev–Trinajstić information content (AvgIpc) is 2.71. The van der Waals surface area contributed by atoms with Gasteiger partial charge in [-0.25, -0.2) is 9.78 Å². The van der Waals surface area contributed by atoms with E-state index in [1.165, 1.54) is 0 Å². The third-order valence-corrected chi connectivity index (χ3v) is 6.11. The third kappa shape index (κ3) is 3.70. The number of fused-ring (bicyclic) bond motifs is 2. The molecule has 4 nitrogen and oxygen atoms in total. The Hall–Kier alpha value is -3.14. The van der Waals surface area contributed by atoms with E-state index in [0.717, 1.165) is 46.5 Å². The van der Waals surface area contributed by atoms with Gasteiger partial charge in [-0.2, -0.15) is 0 Å². The fourth-order valence-electron chi connectivity index (χ4n) is 4.28. The Bertz CT molecular complexity index is 1140. The minimum Gasteiger partial charge on any atom is -0.497 e. The second kappa shape index (κ2) is 7.60. The van der Waals surface area contributed by atoms with Crippen molar-refractivity contribution in [2.75, 3.05) is 7.11 Å². The number of ether oxygens (including phenoxy) is 1. The highest BCUT2D eigenvalue weighted by atomic mass is 16.5. The molecule has 1 aliphatic carbocycles. The van der Waals surface area contributed by atoms with Crippen LogP contribution in [0.4, 0.5) is 0 Å². The Balaban J connectivity index is 1.96. The number of hydrogen-bond acceptors (Lipinski definition) is 3. The third-order valence-electron chi connectivity index (χ3n) is 6.11. The Morgan fingerprint density at radius 1 is 1.10 bits per heavy atom. The van der Waals surface area contributed by atoms with E-state index < -0.39 is 5.97 Å². The summed E-state index contributed by atoms with van der Waals surface area (Å²) in [5.74, 6) is 0.254. The van der Waals surface area contributed by atoms with E-state index in [4.69, 9.17) is 9.72 Å². The predicted octanol–water partition coefficient (Wildman–Crippen LogP) is 6.09. The first-order valence-electron chi connectivity index (χ1n) is 10.3. The summed E-state index contributed by atoms with van der Waals surface area (Å²) in [6, 6.07) is 15.4. The molecule has 0 bridgehead atoms. The number of carboxylic acids is 1. The molecule has 0 spiro atoms. The molecule has 1 unspecified atom stereocenters. The summed E-state index contributed by atoms with van der Waals surface area (Å²) in [6.45, 7) is 6.67. The van der Waals surface area contributed by atoms with Crippen LogP contribution < -0.4 is 4.74 Å². The average molecular weight is 402 g/mol. The number of rotatable bonds is 3. The van der Waals surface area contributed by atoms with Crippen molar-refractivity contribution >= 4 is 28.5 Å². The molecule has 3 aromatic rings. The van der Waals surface area contributed by atoms with Crippen molar-refractivity contribution in [3.63, 3.8) is 0 Å². The largest absolute Gasteiger partial charge is 0.497 e. The normalized spacial score (nSPS) is 17.7. The van der Waals surface area contributed by atoms with Gasteiger partial charge in [-0.3, -0.25) is 0 Å². The van der Waals surface area contributed by atoms with Gasteiger partial charge >= 0.3 is 5.97 Å². The molecule has 1 aliphatic rings. The maximum Gasteiger partial charge on any atom is 0.336 e. The number of pyridine rings is 1. The summed E-state index contributed by atoms with van der Waals surface area (Å²) in [7, 11) is 1.65. The lowest BCUT2D eigenvalue weighted by Crippen LogP contribution is -2.28. The molecule has 0 radical (unpaired) electrons. The lowest BCUT2D eigenvalue weighted by molar-refractivity contribution is 0.0696. The van der Waals surface area contributed by atoms with Crippen LogP contribution in [-0.2, 0) is 6.42 Å². The smallest absolute Gasteiger partial charge is 0.336 e. The highest BCUT2D eigenvalue weighted by Gasteiger charge is 2.35. The Morgan fingerprint density at radius 3 is 2.43 bits per heavy atom. The van der Waals surface area contributed by atoms with Crippen molar-refractivity contribution in [2.45, 2.75) is 33.6 Å². The number of hydrogen-bond donors (Lipinski definition) is 1. The molecule has 1 aromatic heterocycles. The first-order valence-corrected chi connectivity index (χ1v) is 10.3. The highest BCUT2D eigenvalue weighted by Crippen LogP contribution is 2.44. The van der Waals surface area contributed by atoms with E-state index >= 15 is 0 Å². The molecule has 0 amide bonds. The second-order valence-corrected chi connectivity index (χ2v) is 9.05. The Morgan fingerprint density at radius 2 is 1.80 bits per heavy atom. The quantitative estimate of drug-likeness (QED) is 0.577. The predicted molar refractivity (Wildman–Crippen MR) is 121 cm³/mol. The van der Waals surface area contributed by atoms with E-state index in [1.807, 2.05) is 48.5 Å². The van der Waals surface area contributed by atoms with Crippen LogP contribution in [0.2, 0.25) is 0 Å². The van der Waals surface area contributed by atoms with E-state index in [-0.39, 0.29) is 5.41 Å². The summed E-state index contributed by atoms with van der Waals surface area (Å²) < 4.78 is 5.27.